The van der Waals surface area contributed by atoms with Gasteiger partial charge in [-0.1, -0.05) is 28.1 Å². The number of fused-ring (bicyclic) bond motifs is 1. The summed E-state index contributed by atoms with van der Waals surface area (Å²) in [6.45, 7) is 1.80. The molecule has 7 heteroatoms. The van der Waals surface area contributed by atoms with Crippen molar-refractivity contribution in [3.8, 4) is 0 Å². The normalized spacial score (nSPS) is 32.9. The quantitative estimate of drug-likeness (QED) is 0.528. The Hall–Kier alpha value is -1.47. The van der Waals surface area contributed by atoms with Crippen LogP contribution in [0.4, 0.5) is 4.79 Å². The number of rotatable bonds is 1. The summed E-state index contributed by atoms with van der Waals surface area (Å²) in [4.78, 5) is 12.9. The Morgan fingerprint density at radius 1 is 1.58 bits per heavy atom. The number of hydrogen-bond donors (Lipinski definition) is 4. The van der Waals surface area contributed by atoms with Crippen LogP contribution in [0.2, 0.25) is 0 Å². The summed E-state index contributed by atoms with van der Waals surface area (Å²) in [5.41, 5.74) is 8.00. The lowest BCUT2D eigenvalue weighted by Gasteiger charge is -2.44. The summed E-state index contributed by atoms with van der Waals surface area (Å²) in [5.74, 6) is 0. The fraction of sp³-hybridized carbons (Fsp3) is 0.417. The average Bonchev–Trinajstić information content (AvgIpc) is 2.89. The minimum atomic E-state index is -0.880. The molecule has 0 spiro atoms. The maximum atomic E-state index is 11.4. The maximum absolute atomic E-state index is 11.4. The standard InChI is InChI=1S/C12H15BrN4O2/c13-12(3-1-2-9-8(12)6-15-16-9)10-7-14-4-5-17(10)11(18)19/h1-3,6,10,14-16H,4-5,7H2,(H,18,19). The van der Waals surface area contributed by atoms with Gasteiger partial charge in [0.25, 0.3) is 0 Å². The molecule has 4 N–H and O–H groups in total. The molecule has 2 aliphatic heterocycles. The zero-order valence-electron chi connectivity index (χ0n) is 10.2. The molecule has 3 rings (SSSR count). The van der Waals surface area contributed by atoms with E-state index in [2.05, 4.69) is 32.1 Å². The number of nitrogens with zero attached hydrogens (tertiary/aromatic N) is 1. The molecule has 2 unspecified atom stereocenters. The number of nitrogens with one attached hydrogen (secondary N) is 3. The number of carboxylic acid groups (broad SMARTS) is 1. The largest absolute Gasteiger partial charge is 0.465 e. The van der Waals surface area contributed by atoms with E-state index >= 15 is 0 Å². The Kier molecular flexibility index (Phi) is 3.02. The van der Waals surface area contributed by atoms with Crippen molar-refractivity contribution in [3.63, 3.8) is 0 Å². The van der Waals surface area contributed by atoms with Crippen LogP contribution in [0, 0.1) is 0 Å². The van der Waals surface area contributed by atoms with Crippen molar-refractivity contribution >= 4 is 22.0 Å². The van der Waals surface area contributed by atoms with Crippen molar-refractivity contribution in [2.75, 3.05) is 19.6 Å². The molecule has 1 saturated heterocycles. The fourth-order valence-electron chi connectivity index (χ4n) is 2.75. The van der Waals surface area contributed by atoms with Gasteiger partial charge in [0.2, 0.25) is 0 Å². The fourth-order valence-corrected chi connectivity index (χ4v) is 3.64. The van der Waals surface area contributed by atoms with Gasteiger partial charge in [0.15, 0.2) is 0 Å². The first-order valence-electron chi connectivity index (χ1n) is 6.14. The zero-order chi connectivity index (χ0) is 13.5. The molecule has 0 aromatic heterocycles. The van der Waals surface area contributed by atoms with Crippen molar-refractivity contribution in [1.29, 1.82) is 0 Å². The van der Waals surface area contributed by atoms with E-state index in [4.69, 9.17) is 0 Å². The van der Waals surface area contributed by atoms with Crippen LogP contribution in [0.5, 0.6) is 0 Å². The number of halogens is 1. The highest BCUT2D eigenvalue weighted by Crippen LogP contribution is 2.42. The molecule has 2 atom stereocenters. The first-order valence-corrected chi connectivity index (χ1v) is 6.93. The van der Waals surface area contributed by atoms with Gasteiger partial charge < -0.3 is 26.2 Å². The van der Waals surface area contributed by atoms with Crippen LogP contribution in [0.3, 0.4) is 0 Å². The van der Waals surface area contributed by atoms with Crippen LogP contribution in [0.15, 0.2) is 35.7 Å². The highest BCUT2D eigenvalue weighted by atomic mass is 79.9. The Balaban J connectivity index is 1.97. The number of hydrazine groups is 1. The zero-order valence-corrected chi connectivity index (χ0v) is 11.8. The monoisotopic (exact) mass is 326 g/mol. The lowest BCUT2D eigenvalue weighted by Crippen LogP contribution is -2.61. The van der Waals surface area contributed by atoms with Crippen molar-refractivity contribution in [2.45, 2.75) is 10.4 Å². The molecule has 0 aromatic rings. The Bertz CT molecular complexity index is 502. The Morgan fingerprint density at radius 3 is 3.21 bits per heavy atom. The lowest BCUT2D eigenvalue weighted by atomic mass is 9.85. The molecule has 102 valence electrons. The van der Waals surface area contributed by atoms with E-state index in [0.717, 1.165) is 11.3 Å². The number of allylic oxidation sites excluding steroid dienone is 3. The molecule has 1 fully saturated rings. The van der Waals surface area contributed by atoms with Crippen molar-refractivity contribution in [3.05, 3.63) is 35.7 Å². The first-order chi connectivity index (χ1) is 9.13. The summed E-state index contributed by atoms with van der Waals surface area (Å²) >= 11 is 3.75. The molecule has 0 aromatic carbocycles. The van der Waals surface area contributed by atoms with Gasteiger partial charge >= 0.3 is 6.09 Å². The first kappa shape index (κ1) is 12.6. The van der Waals surface area contributed by atoms with Gasteiger partial charge in [0.05, 0.1) is 16.1 Å². The minimum absolute atomic E-state index is 0.188. The number of alkyl halides is 1. The third-order valence-electron chi connectivity index (χ3n) is 3.70. The second-order valence-electron chi connectivity index (χ2n) is 4.73. The van der Waals surface area contributed by atoms with Crippen molar-refractivity contribution < 1.29 is 9.90 Å². The van der Waals surface area contributed by atoms with Crippen LogP contribution in [0.1, 0.15) is 0 Å². The van der Waals surface area contributed by atoms with Gasteiger partial charge in [0.1, 0.15) is 0 Å². The number of hydrogen-bond acceptors (Lipinski definition) is 4. The topological polar surface area (TPSA) is 76.6 Å². The summed E-state index contributed by atoms with van der Waals surface area (Å²) in [6.07, 6.45) is 6.90. The molecule has 2 heterocycles. The molecule has 0 radical (unpaired) electrons. The van der Waals surface area contributed by atoms with Crippen LogP contribution in [0.25, 0.3) is 0 Å². The van der Waals surface area contributed by atoms with E-state index in [0.29, 0.717) is 19.6 Å². The smallest absolute Gasteiger partial charge is 0.407 e. The molecule has 19 heavy (non-hydrogen) atoms. The van der Waals surface area contributed by atoms with Crippen molar-refractivity contribution in [1.82, 2.24) is 21.1 Å². The van der Waals surface area contributed by atoms with Gasteiger partial charge in [0, 0.05) is 31.4 Å². The third kappa shape index (κ3) is 1.93. The number of carbonyl (C=O) groups is 1. The summed E-state index contributed by atoms with van der Waals surface area (Å²) in [6, 6.07) is -0.188. The molecular weight excluding hydrogens is 312 g/mol. The van der Waals surface area contributed by atoms with Gasteiger partial charge in [-0.05, 0) is 6.08 Å². The van der Waals surface area contributed by atoms with Gasteiger partial charge in [-0.15, -0.1) is 0 Å². The third-order valence-corrected chi connectivity index (χ3v) is 4.92. The second-order valence-corrected chi connectivity index (χ2v) is 6.04. The Labute approximate surface area is 119 Å². The van der Waals surface area contributed by atoms with Gasteiger partial charge in [-0.25, -0.2) is 4.79 Å². The summed E-state index contributed by atoms with van der Waals surface area (Å²) < 4.78 is -0.514. The van der Waals surface area contributed by atoms with E-state index in [9.17, 15) is 9.90 Å². The van der Waals surface area contributed by atoms with Gasteiger partial charge in [-0.2, -0.15) is 0 Å². The summed E-state index contributed by atoms with van der Waals surface area (Å²) in [5, 5.41) is 12.6. The molecule has 0 saturated carbocycles. The van der Waals surface area contributed by atoms with Crippen molar-refractivity contribution in [2.24, 2.45) is 0 Å². The van der Waals surface area contributed by atoms with E-state index in [-0.39, 0.29) is 6.04 Å². The van der Waals surface area contributed by atoms with Crippen LogP contribution < -0.4 is 16.2 Å². The number of piperazine rings is 1. The minimum Gasteiger partial charge on any atom is -0.465 e. The average molecular weight is 327 g/mol. The molecule has 1 amide bonds. The van der Waals surface area contributed by atoms with E-state index in [1.807, 2.05) is 24.4 Å². The molecule has 6 nitrogen and oxygen atoms in total. The van der Waals surface area contributed by atoms with Crippen LogP contribution >= 0.6 is 15.9 Å². The van der Waals surface area contributed by atoms with Crippen LogP contribution in [-0.4, -0.2) is 46.1 Å². The number of amides is 1. The predicted molar refractivity (Wildman–Crippen MR) is 74.6 cm³/mol. The predicted octanol–water partition coefficient (Wildman–Crippen LogP) is 0.517. The van der Waals surface area contributed by atoms with E-state index in [1.165, 1.54) is 4.90 Å². The highest BCUT2D eigenvalue weighted by Gasteiger charge is 2.46. The van der Waals surface area contributed by atoms with E-state index < -0.39 is 10.4 Å². The van der Waals surface area contributed by atoms with Crippen LogP contribution in [-0.2, 0) is 0 Å². The molecule has 0 bridgehead atoms. The molecular formula is C12H15BrN4O2. The van der Waals surface area contributed by atoms with Gasteiger partial charge in [-0.3, -0.25) is 0 Å². The highest BCUT2D eigenvalue weighted by molar-refractivity contribution is 9.10. The molecule has 3 aliphatic rings. The second kappa shape index (κ2) is 4.57. The molecule has 1 aliphatic carbocycles. The maximum Gasteiger partial charge on any atom is 0.407 e. The Morgan fingerprint density at radius 2 is 2.42 bits per heavy atom. The SMILES string of the molecule is O=C(O)N1CCNCC1C1(Br)C=CC=C2NNC=C21. The lowest BCUT2D eigenvalue weighted by molar-refractivity contribution is 0.108. The summed E-state index contributed by atoms with van der Waals surface area (Å²) in [7, 11) is 0. The van der Waals surface area contributed by atoms with E-state index in [1.54, 1.807) is 0 Å².